The van der Waals surface area contributed by atoms with Crippen LogP contribution in [-0.2, 0) is 10.0 Å². The first-order valence-corrected chi connectivity index (χ1v) is 9.66. The van der Waals surface area contributed by atoms with Crippen molar-refractivity contribution in [3.63, 3.8) is 0 Å². The molecule has 0 fully saturated rings. The zero-order chi connectivity index (χ0) is 15.4. The SMILES string of the molecule is CCNc1ncc(Br)cc1S(=O)(=O)NCC(C)(C)SC. The molecule has 0 atom stereocenters. The number of rotatable bonds is 7. The Labute approximate surface area is 133 Å². The molecule has 0 saturated heterocycles. The van der Waals surface area contributed by atoms with Crippen LogP contribution in [0.4, 0.5) is 5.82 Å². The Kier molecular flexibility index (Phi) is 6.30. The lowest BCUT2D eigenvalue weighted by Gasteiger charge is -2.22. The lowest BCUT2D eigenvalue weighted by molar-refractivity contribution is 0.570. The fourth-order valence-corrected chi connectivity index (χ4v) is 3.50. The maximum absolute atomic E-state index is 12.4. The molecule has 2 N–H and O–H groups in total. The van der Waals surface area contributed by atoms with E-state index in [4.69, 9.17) is 0 Å². The van der Waals surface area contributed by atoms with Crippen molar-refractivity contribution in [1.82, 2.24) is 9.71 Å². The van der Waals surface area contributed by atoms with Crippen LogP contribution in [-0.4, -0.2) is 37.5 Å². The van der Waals surface area contributed by atoms with E-state index >= 15 is 0 Å². The summed E-state index contributed by atoms with van der Waals surface area (Å²) in [4.78, 5) is 4.27. The molecule has 1 aromatic rings. The number of hydrogen-bond donors (Lipinski definition) is 2. The van der Waals surface area contributed by atoms with Gasteiger partial charge in [0.2, 0.25) is 10.0 Å². The summed E-state index contributed by atoms with van der Waals surface area (Å²) in [7, 11) is -3.60. The van der Waals surface area contributed by atoms with Crippen LogP contribution in [0.5, 0.6) is 0 Å². The summed E-state index contributed by atoms with van der Waals surface area (Å²) in [5, 5.41) is 2.96. The molecule has 0 aliphatic carbocycles. The van der Waals surface area contributed by atoms with Gasteiger partial charge in [-0.15, -0.1) is 0 Å². The van der Waals surface area contributed by atoms with Gasteiger partial charge in [-0.1, -0.05) is 0 Å². The predicted octanol–water partition coefficient (Wildman–Crippen LogP) is 2.70. The van der Waals surface area contributed by atoms with E-state index < -0.39 is 10.0 Å². The van der Waals surface area contributed by atoms with Crippen LogP contribution in [0.1, 0.15) is 20.8 Å². The van der Waals surface area contributed by atoms with E-state index in [2.05, 4.69) is 31.0 Å². The van der Waals surface area contributed by atoms with Crippen molar-refractivity contribution >= 4 is 43.5 Å². The number of aromatic nitrogens is 1. The van der Waals surface area contributed by atoms with Crippen LogP contribution in [0.2, 0.25) is 0 Å². The fraction of sp³-hybridized carbons (Fsp3) is 0.583. The van der Waals surface area contributed by atoms with Gasteiger partial charge in [-0.2, -0.15) is 11.8 Å². The fourth-order valence-electron chi connectivity index (χ4n) is 1.34. The lowest BCUT2D eigenvalue weighted by atomic mass is 10.2. The Morgan fingerprint density at radius 2 is 2.10 bits per heavy atom. The Morgan fingerprint density at radius 3 is 2.65 bits per heavy atom. The molecule has 1 heterocycles. The van der Waals surface area contributed by atoms with Gasteiger partial charge < -0.3 is 5.32 Å². The highest BCUT2D eigenvalue weighted by molar-refractivity contribution is 9.10. The molecule has 1 rings (SSSR count). The maximum Gasteiger partial charge on any atom is 0.244 e. The van der Waals surface area contributed by atoms with Gasteiger partial charge in [0.1, 0.15) is 10.7 Å². The number of sulfonamides is 1. The van der Waals surface area contributed by atoms with Crippen molar-refractivity contribution in [2.24, 2.45) is 0 Å². The van der Waals surface area contributed by atoms with E-state index in [1.54, 1.807) is 24.0 Å². The molecular weight excluding hydrogens is 362 g/mol. The van der Waals surface area contributed by atoms with Crippen molar-refractivity contribution in [2.45, 2.75) is 30.4 Å². The minimum atomic E-state index is -3.60. The molecule has 8 heteroatoms. The van der Waals surface area contributed by atoms with Crippen LogP contribution < -0.4 is 10.0 Å². The summed E-state index contributed by atoms with van der Waals surface area (Å²) in [6.45, 7) is 6.83. The number of anilines is 1. The molecule has 0 spiro atoms. The average Bonchev–Trinajstić information content (AvgIpc) is 2.39. The molecule has 5 nitrogen and oxygen atoms in total. The van der Waals surface area contributed by atoms with Gasteiger partial charge in [0.15, 0.2) is 0 Å². The molecule has 1 aromatic heterocycles. The predicted molar refractivity (Wildman–Crippen MR) is 88.9 cm³/mol. The smallest absolute Gasteiger partial charge is 0.244 e. The van der Waals surface area contributed by atoms with Crippen molar-refractivity contribution in [3.8, 4) is 0 Å². The van der Waals surface area contributed by atoms with E-state index in [1.807, 2.05) is 27.0 Å². The summed E-state index contributed by atoms with van der Waals surface area (Å²) in [5.74, 6) is 0.366. The largest absolute Gasteiger partial charge is 0.369 e. The Bertz CT molecular complexity index is 562. The molecule has 0 unspecified atom stereocenters. The number of pyridine rings is 1. The molecule has 20 heavy (non-hydrogen) atoms. The van der Waals surface area contributed by atoms with Crippen LogP contribution in [0, 0.1) is 0 Å². The van der Waals surface area contributed by atoms with E-state index in [0.717, 1.165) is 0 Å². The van der Waals surface area contributed by atoms with Crippen LogP contribution >= 0.6 is 27.7 Å². The van der Waals surface area contributed by atoms with Crippen LogP contribution in [0.25, 0.3) is 0 Å². The highest BCUT2D eigenvalue weighted by Crippen LogP contribution is 2.24. The van der Waals surface area contributed by atoms with Gasteiger partial charge >= 0.3 is 0 Å². The molecular formula is C12H20BrN3O2S2. The summed E-state index contributed by atoms with van der Waals surface area (Å²) in [6.07, 6.45) is 3.53. The van der Waals surface area contributed by atoms with Gasteiger partial charge in [-0.25, -0.2) is 18.1 Å². The van der Waals surface area contributed by atoms with E-state index in [9.17, 15) is 8.42 Å². The third-order valence-electron chi connectivity index (χ3n) is 2.69. The number of nitrogens with zero attached hydrogens (tertiary/aromatic N) is 1. The number of thioether (sulfide) groups is 1. The second kappa shape index (κ2) is 7.11. The van der Waals surface area contributed by atoms with Crippen molar-refractivity contribution in [2.75, 3.05) is 24.7 Å². The molecule has 0 saturated carbocycles. The van der Waals surface area contributed by atoms with Gasteiger partial charge in [0.25, 0.3) is 0 Å². The first-order valence-electron chi connectivity index (χ1n) is 6.16. The summed E-state index contributed by atoms with van der Waals surface area (Å²) in [6, 6.07) is 1.55. The Balaban J connectivity index is 3.05. The van der Waals surface area contributed by atoms with E-state index in [0.29, 0.717) is 23.4 Å². The van der Waals surface area contributed by atoms with Crippen LogP contribution in [0.15, 0.2) is 21.6 Å². The maximum atomic E-state index is 12.4. The lowest BCUT2D eigenvalue weighted by Crippen LogP contribution is -2.36. The minimum Gasteiger partial charge on any atom is -0.369 e. The monoisotopic (exact) mass is 381 g/mol. The molecule has 114 valence electrons. The van der Waals surface area contributed by atoms with E-state index in [-0.39, 0.29) is 9.64 Å². The molecule has 0 aliphatic rings. The molecule has 0 aliphatic heterocycles. The zero-order valence-electron chi connectivity index (χ0n) is 12.0. The quantitative estimate of drug-likeness (QED) is 0.759. The second-order valence-electron chi connectivity index (χ2n) is 4.82. The normalized spacial score (nSPS) is 12.4. The molecule has 0 radical (unpaired) electrons. The Morgan fingerprint density at radius 1 is 1.45 bits per heavy atom. The average molecular weight is 382 g/mol. The second-order valence-corrected chi connectivity index (χ2v) is 8.98. The highest BCUT2D eigenvalue weighted by Gasteiger charge is 2.24. The minimum absolute atomic E-state index is 0.158. The van der Waals surface area contributed by atoms with Gasteiger partial charge in [-0.3, -0.25) is 0 Å². The number of nitrogens with one attached hydrogen (secondary N) is 2. The third kappa shape index (κ3) is 4.91. The van der Waals surface area contributed by atoms with Gasteiger partial charge in [0, 0.05) is 28.5 Å². The third-order valence-corrected chi connectivity index (χ3v) is 5.79. The first kappa shape index (κ1) is 17.7. The number of halogens is 1. The summed E-state index contributed by atoms with van der Waals surface area (Å²) < 4.78 is 28.0. The summed E-state index contributed by atoms with van der Waals surface area (Å²) in [5.41, 5.74) is 0. The molecule has 0 bridgehead atoms. The topological polar surface area (TPSA) is 71.1 Å². The van der Waals surface area contributed by atoms with Crippen molar-refractivity contribution in [3.05, 3.63) is 16.7 Å². The molecule has 0 amide bonds. The van der Waals surface area contributed by atoms with Crippen molar-refractivity contribution < 1.29 is 8.42 Å². The van der Waals surface area contributed by atoms with Crippen LogP contribution in [0.3, 0.4) is 0 Å². The summed E-state index contributed by atoms with van der Waals surface area (Å²) >= 11 is 4.87. The van der Waals surface area contributed by atoms with E-state index in [1.165, 1.54) is 0 Å². The van der Waals surface area contributed by atoms with Crippen molar-refractivity contribution in [1.29, 1.82) is 0 Å². The van der Waals surface area contributed by atoms with Gasteiger partial charge in [-0.05, 0) is 49.0 Å². The highest BCUT2D eigenvalue weighted by atomic mass is 79.9. The standard InChI is InChI=1S/C12H20BrN3O2S2/c1-5-14-11-10(6-9(13)7-15-11)20(17,18)16-8-12(2,3)19-4/h6-7,16H,5,8H2,1-4H3,(H,14,15). The van der Waals surface area contributed by atoms with Gasteiger partial charge in [0.05, 0.1) is 0 Å². The zero-order valence-corrected chi connectivity index (χ0v) is 15.2. The Hall–Kier alpha value is -0.310. The number of hydrogen-bond acceptors (Lipinski definition) is 5. The first-order chi connectivity index (χ1) is 9.22. The molecule has 0 aromatic carbocycles.